The van der Waals surface area contributed by atoms with Crippen LogP contribution in [-0.4, -0.2) is 26.5 Å². The first-order valence-corrected chi connectivity index (χ1v) is 8.35. The molecule has 1 atom stereocenters. The zero-order chi connectivity index (χ0) is 17.5. The van der Waals surface area contributed by atoms with Crippen molar-refractivity contribution >= 4 is 23.2 Å². The van der Waals surface area contributed by atoms with E-state index in [1.807, 2.05) is 74.4 Å². The molecule has 5 heteroatoms. The van der Waals surface area contributed by atoms with E-state index < -0.39 is 0 Å². The lowest BCUT2D eigenvalue weighted by Crippen LogP contribution is -2.34. The van der Waals surface area contributed by atoms with Gasteiger partial charge in [-0.05, 0) is 42.3 Å². The smallest absolute Gasteiger partial charge is 0.234 e. The van der Waals surface area contributed by atoms with Gasteiger partial charge >= 0.3 is 0 Å². The van der Waals surface area contributed by atoms with E-state index in [1.165, 1.54) is 0 Å². The molecule has 2 N–H and O–H groups in total. The van der Waals surface area contributed by atoms with Gasteiger partial charge in [0.15, 0.2) is 0 Å². The molecule has 2 aromatic rings. The molecule has 0 heterocycles. The summed E-state index contributed by atoms with van der Waals surface area (Å²) in [6.07, 6.45) is 0. The number of carbonyl (C=O) groups is 1. The number of hydrogen-bond acceptors (Lipinski definition) is 3. The second-order valence-electron chi connectivity index (χ2n) is 6.00. The van der Waals surface area contributed by atoms with E-state index in [0.29, 0.717) is 11.6 Å². The molecule has 0 unspecified atom stereocenters. The average molecular weight is 346 g/mol. The predicted molar refractivity (Wildman–Crippen MR) is 100 cm³/mol. The van der Waals surface area contributed by atoms with Crippen LogP contribution in [0.2, 0.25) is 5.02 Å². The Morgan fingerprint density at radius 3 is 2.50 bits per heavy atom. The number of nitrogens with zero attached hydrogens (tertiary/aromatic N) is 1. The van der Waals surface area contributed by atoms with Crippen molar-refractivity contribution in [2.45, 2.75) is 19.5 Å². The fourth-order valence-electron chi connectivity index (χ4n) is 2.31. The van der Waals surface area contributed by atoms with E-state index in [4.69, 9.17) is 11.6 Å². The third kappa shape index (κ3) is 5.55. The van der Waals surface area contributed by atoms with E-state index in [-0.39, 0.29) is 18.5 Å². The quantitative estimate of drug-likeness (QED) is 0.808. The van der Waals surface area contributed by atoms with Crippen LogP contribution in [0.1, 0.15) is 24.1 Å². The Hall–Kier alpha value is -2.04. The average Bonchev–Trinajstić information content (AvgIpc) is 2.58. The van der Waals surface area contributed by atoms with Crippen molar-refractivity contribution in [3.8, 4) is 0 Å². The van der Waals surface area contributed by atoms with Crippen molar-refractivity contribution in [2.24, 2.45) is 0 Å². The number of amides is 1. The van der Waals surface area contributed by atoms with E-state index in [1.54, 1.807) is 0 Å². The summed E-state index contributed by atoms with van der Waals surface area (Å²) in [7, 11) is 4.01. The molecule has 4 nitrogen and oxygen atoms in total. The first-order valence-electron chi connectivity index (χ1n) is 7.97. The third-order valence-corrected chi connectivity index (χ3v) is 4.09. The number of nitrogens with one attached hydrogen (secondary N) is 2. The third-order valence-electron chi connectivity index (χ3n) is 3.86. The Kier molecular flexibility index (Phi) is 6.64. The van der Waals surface area contributed by atoms with E-state index in [9.17, 15) is 4.79 Å². The molecule has 2 aromatic carbocycles. The number of rotatable bonds is 7. The van der Waals surface area contributed by atoms with Crippen LogP contribution in [0, 0.1) is 0 Å². The molecule has 0 saturated carbocycles. The standard InChI is InChI=1S/C19H24ClN3O/c1-14(16-5-4-6-17(20)11-16)21-13-19(24)22-12-15-7-9-18(10-8-15)23(2)3/h4-11,14,21H,12-13H2,1-3H3,(H,22,24)/t14-/m1/s1. The summed E-state index contributed by atoms with van der Waals surface area (Å²) in [4.78, 5) is 14.0. The van der Waals surface area contributed by atoms with E-state index in [0.717, 1.165) is 16.8 Å². The van der Waals surface area contributed by atoms with Gasteiger partial charge in [-0.3, -0.25) is 4.79 Å². The van der Waals surface area contributed by atoms with Crippen LogP contribution in [-0.2, 0) is 11.3 Å². The van der Waals surface area contributed by atoms with Crippen LogP contribution < -0.4 is 15.5 Å². The van der Waals surface area contributed by atoms with Crippen molar-refractivity contribution in [3.63, 3.8) is 0 Å². The van der Waals surface area contributed by atoms with Gasteiger partial charge < -0.3 is 15.5 Å². The maximum Gasteiger partial charge on any atom is 0.234 e. The highest BCUT2D eigenvalue weighted by molar-refractivity contribution is 6.30. The van der Waals surface area contributed by atoms with Gasteiger partial charge in [0.25, 0.3) is 0 Å². The molecular formula is C19H24ClN3O. The van der Waals surface area contributed by atoms with Gasteiger partial charge in [-0.15, -0.1) is 0 Å². The molecule has 0 radical (unpaired) electrons. The molecule has 0 saturated heterocycles. The predicted octanol–water partition coefficient (Wildman–Crippen LogP) is 3.37. The molecule has 1 amide bonds. The first-order chi connectivity index (χ1) is 11.5. The highest BCUT2D eigenvalue weighted by atomic mass is 35.5. The van der Waals surface area contributed by atoms with Crippen LogP contribution in [0.15, 0.2) is 48.5 Å². The van der Waals surface area contributed by atoms with Crippen molar-refractivity contribution in [1.29, 1.82) is 0 Å². The first kappa shape index (κ1) is 18.3. The molecule has 0 bridgehead atoms. The summed E-state index contributed by atoms with van der Waals surface area (Å²) < 4.78 is 0. The summed E-state index contributed by atoms with van der Waals surface area (Å²) >= 11 is 5.99. The molecule has 0 aliphatic rings. The maximum absolute atomic E-state index is 12.0. The zero-order valence-corrected chi connectivity index (χ0v) is 15.1. The van der Waals surface area contributed by atoms with Crippen molar-refractivity contribution in [3.05, 3.63) is 64.7 Å². The Morgan fingerprint density at radius 1 is 1.17 bits per heavy atom. The minimum atomic E-state index is -0.0273. The number of hydrogen-bond donors (Lipinski definition) is 2. The van der Waals surface area contributed by atoms with Crippen LogP contribution >= 0.6 is 11.6 Å². The molecule has 0 aromatic heterocycles. The van der Waals surface area contributed by atoms with Crippen molar-refractivity contribution in [1.82, 2.24) is 10.6 Å². The monoisotopic (exact) mass is 345 g/mol. The topological polar surface area (TPSA) is 44.4 Å². The second-order valence-corrected chi connectivity index (χ2v) is 6.43. The summed E-state index contributed by atoms with van der Waals surface area (Å²) in [5.41, 5.74) is 3.29. The number of carbonyl (C=O) groups excluding carboxylic acids is 1. The summed E-state index contributed by atoms with van der Waals surface area (Å²) in [6.45, 7) is 2.81. The maximum atomic E-state index is 12.0. The number of anilines is 1. The Labute approximate surface area is 148 Å². The van der Waals surface area contributed by atoms with Crippen LogP contribution in [0.25, 0.3) is 0 Å². The zero-order valence-electron chi connectivity index (χ0n) is 14.3. The Bertz CT molecular complexity index is 671. The van der Waals surface area contributed by atoms with Gasteiger partial charge in [0.1, 0.15) is 0 Å². The van der Waals surface area contributed by atoms with Crippen molar-refractivity contribution in [2.75, 3.05) is 25.5 Å². The highest BCUT2D eigenvalue weighted by Gasteiger charge is 2.08. The minimum Gasteiger partial charge on any atom is -0.378 e. The fraction of sp³-hybridized carbons (Fsp3) is 0.316. The second kappa shape index (κ2) is 8.71. The Morgan fingerprint density at radius 2 is 1.88 bits per heavy atom. The molecule has 0 spiro atoms. The largest absolute Gasteiger partial charge is 0.378 e. The van der Waals surface area contributed by atoms with E-state index in [2.05, 4.69) is 10.6 Å². The fourth-order valence-corrected chi connectivity index (χ4v) is 2.51. The van der Waals surface area contributed by atoms with Gasteiger partial charge in [-0.1, -0.05) is 35.9 Å². The van der Waals surface area contributed by atoms with Crippen LogP contribution in [0.4, 0.5) is 5.69 Å². The SMILES string of the molecule is C[C@@H](NCC(=O)NCc1ccc(N(C)C)cc1)c1cccc(Cl)c1. The number of benzene rings is 2. The summed E-state index contributed by atoms with van der Waals surface area (Å²) in [6, 6.07) is 15.8. The Balaban J connectivity index is 1.77. The molecule has 0 aliphatic heterocycles. The molecule has 24 heavy (non-hydrogen) atoms. The molecule has 0 aliphatic carbocycles. The lowest BCUT2D eigenvalue weighted by Gasteiger charge is -2.15. The lowest BCUT2D eigenvalue weighted by molar-refractivity contribution is -0.120. The van der Waals surface area contributed by atoms with E-state index >= 15 is 0 Å². The van der Waals surface area contributed by atoms with Crippen molar-refractivity contribution < 1.29 is 4.79 Å². The normalized spacial score (nSPS) is 11.8. The van der Waals surface area contributed by atoms with Gasteiger partial charge in [-0.2, -0.15) is 0 Å². The molecule has 0 fully saturated rings. The van der Waals surface area contributed by atoms with Crippen LogP contribution in [0.3, 0.4) is 0 Å². The summed E-state index contributed by atoms with van der Waals surface area (Å²) in [5.74, 6) is -0.0273. The minimum absolute atomic E-state index is 0.0273. The molecule has 128 valence electrons. The van der Waals surface area contributed by atoms with Gasteiger partial charge in [0.05, 0.1) is 6.54 Å². The number of halogens is 1. The summed E-state index contributed by atoms with van der Waals surface area (Å²) in [5, 5.41) is 6.83. The molecule has 2 rings (SSSR count). The van der Waals surface area contributed by atoms with Gasteiger partial charge in [-0.25, -0.2) is 0 Å². The van der Waals surface area contributed by atoms with Gasteiger partial charge in [0.2, 0.25) is 5.91 Å². The van der Waals surface area contributed by atoms with Crippen LogP contribution in [0.5, 0.6) is 0 Å². The highest BCUT2D eigenvalue weighted by Crippen LogP contribution is 2.17. The van der Waals surface area contributed by atoms with Gasteiger partial charge in [0, 0.05) is 37.4 Å². The lowest BCUT2D eigenvalue weighted by atomic mass is 10.1. The molecular weight excluding hydrogens is 322 g/mol.